The van der Waals surface area contributed by atoms with Crippen LogP contribution in [0.4, 0.5) is 16.0 Å². The number of hydrogen-bond donors (Lipinski definition) is 3. The fraction of sp³-hybridized carbons (Fsp3) is 0.167. The smallest absolute Gasteiger partial charge is 0.240 e. The van der Waals surface area contributed by atoms with Gasteiger partial charge in [-0.15, -0.1) is 10.2 Å². The number of aryl methyl sites for hydroxylation is 2. The molecular formula is C30H24ClFN10O. The van der Waals surface area contributed by atoms with E-state index in [1.807, 2.05) is 37.3 Å². The zero-order valence-electron chi connectivity index (χ0n) is 22.8. The standard InChI is InChI=1S/C30H24ClFN10O/c1-30(18-9-6-16(7-10-18)8-13-23-37-40-41-38-23)24-26(33)34-28(35-27(24)36-29(30)43)25-20-12-11-19(31)14-22(20)42(39-25)15-17-4-2-3-5-21(17)32/h2-7,9-12,14H,8,13,15H2,1H3,(H,37,38,40,41)(H3,33,34,35,36,43)/t30-/m1/s1. The first kappa shape index (κ1) is 26.7. The van der Waals surface area contributed by atoms with Crippen molar-refractivity contribution in [2.45, 2.75) is 31.7 Å². The van der Waals surface area contributed by atoms with Gasteiger partial charge in [0.1, 0.15) is 28.6 Å². The number of nitrogens with zero attached hydrogens (tertiary/aromatic N) is 7. The number of aromatic nitrogens is 8. The summed E-state index contributed by atoms with van der Waals surface area (Å²) in [7, 11) is 0. The van der Waals surface area contributed by atoms with Crippen molar-refractivity contribution >= 4 is 40.0 Å². The lowest BCUT2D eigenvalue weighted by Gasteiger charge is -2.23. The SMILES string of the molecule is C[C@]1(c2ccc(CCc3nn[nH]n3)cc2)C(=O)Nc2nc(-c3nn(Cc4ccccc4F)c4cc(Cl)ccc34)nc(N)c21. The maximum Gasteiger partial charge on any atom is 0.240 e. The van der Waals surface area contributed by atoms with E-state index in [0.717, 1.165) is 17.5 Å². The van der Waals surface area contributed by atoms with E-state index >= 15 is 0 Å². The van der Waals surface area contributed by atoms with Gasteiger partial charge in [-0.2, -0.15) is 10.3 Å². The summed E-state index contributed by atoms with van der Waals surface area (Å²) in [6.45, 7) is 1.98. The highest BCUT2D eigenvalue weighted by Crippen LogP contribution is 2.45. The molecule has 0 bridgehead atoms. The van der Waals surface area contributed by atoms with Gasteiger partial charge >= 0.3 is 0 Å². The number of fused-ring (bicyclic) bond motifs is 2. The number of nitrogen functional groups attached to an aromatic ring is 1. The Morgan fingerprint density at radius 1 is 1.05 bits per heavy atom. The largest absolute Gasteiger partial charge is 0.383 e. The van der Waals surface area contributed by atoms with Crippen molar-refractivity contribution in [3.63, 3.8) is 0 Å². The third kappa shape index (κ3) is 4.56. The zero-order chi connectivity index (χ0) is 29.7. The molecule has 4 N–H and O–H groups in total. The Labute approximate surface area is 249 Å². The van der Waals surface area contributed by atoms with Gasteiger partial charge in [0, 0.05) is 22.4 Å². The van der Waals surface area contributed by atoms with Crippen molar-refractivity contribution in [1.29, 1.82) is 0 Å². The van der Waals surface area contributed by atoms with Crippen molar-refractivity contribution in [2.75, 3.05) is 11.1 Å². The molecule has 1 aliphatic heterocycles. The molecule has 1 atom stereocenters. The van der Waals surface area contributed by atoms with Crippen LogP contribution in [0.25, 0.3) is 22.4 Å². The van der Waals surface area contributed by atoms with Crippen LogP contribution in [0.2, 0.25) is 5.02 Å². The molecule has 11 nitrogen and oxygen atoms in total. The predicted molar refractivity (Wildman–Crippen MR) is 159 cm³/mol. The predicted octanol–water partition coefficient (Wildman–Crippen LogP) is 4.47. The number of nitrogens with one attached hydrogen (secondary N) is 2. The lowest BCUT2D eigenvalue weighted by Crippen LogP contribution is -2.33. The second kappa shape index (κ2) is 10.2. The molecule has 3 aromatic heterocycles. The van der Waals surface area contributed by atoms with E-state index in [1.165, 1.54) is 6.07 Å². The molecule has 6 aromatic rings. The highest BCUT2D eigenvalue weighted by Gasteiger charge is 2.47. The van der Waals surface area contributed by atoms with E-state index in [0.29, 0.717) is 50.8 Å². The minimum absolute atomic E-state index is 0.160. The summed E-state index contributed by atoms with van der Waals surface area (Å²) < 4.78 is 16.2. The molecule has 0 saturated carbocycles. The Balaban J connectivity index is 1.25. The minimum Gasteiger partial charge on any atom is -0.383 e. The van der Waals surface area contributed by atoms with Crippen molar-refractivity contribution in [3.05, 3.63) is 106 Å². The molecule has 0 radical (unpaired) electrons. The maximum atomic E-state index is 14.5. The summed E-state index contributed by atoms with van der Waals surface area (Å²) in [5.74, 6) is 0.748. The van der Waals surface area contributed by atoms with Crippen LogP contribution in [0.3, 0.4) is 0 Å². The van der Waals surface area contributed by atoms with Gasteiger partial charge in [-0.1, -0.05) is 59.3 Å². The number of H-pyrrole nitrogens is 1. The molecule has 3 aromatic carbocycles. The third-order valence-corrected chi connectivity index (χ3v) is 8.12. The summed E-state index contributed by atoms with van der Waals surface area (Å²) in [4.78, 5) is 22.8. The van der Waals surface area contributed by atoms with E-state index in [9.17, 15) is 9.18 Å². The monoisotopic (exact) mass is 594 g/mol. The summed E-state index contributed by atoms with van der Waals surface area (Å²) >= 11 is 6.32. The van der Waals surface area contributed by atoms with Crippen molar-refractivity contribution in [1.82, 2.24) is 40.4 Å². The molecule has 13 heteroatoms. The highest BCUT2D eigenvalue weighted by molar-refractivity contribution is 6.31. The van der Waals surface area contributed by atoms with Crippen molar-refractivity contribution in [2.24, 2.45) is 0 Å². The molecule has 0 aliphatic carbocycles. The molecule has 0 saturated heterocycles. The number of benzene rings is 3. The molecule has 4 heterocycles. The molecule has 214 valence electrons. The molecule has 0 spiro atoms. The number of amides is 1. The second-order valence-electron chi connectivity index (χ2n) is 10.5. The van der Waals surface area contributed by atoms with Gasteiger partial charge < -0.3 is 11.1 Å². The van der Waals surface area contributed by atoms with E-state index in [-0.39, 0.29) is 29.9 Å². The molecule has 0 fully saturated rings. The lowest BCUT2D eigenvalue weighted by molar-refractivity contribution is -0.119. The van der Waals surface area contributed by atoms with Gasteiger partial charge in [-0.3, -0.25) is 9.48 Å². The fourth-order valence-electron chi connectivity index (χ4n) is 5.56. The number of carbonyl (C=O) groups is 1. The van der Waals surface area contributed by atoms with E-state index < -0.39 is 5.41 Å². The number of aromatic amines is 1. The van der Waals surface area contributed by atoms with Gasteiger partial charge in [0.2, 0.25) is 5.91 Å². The topological polar surface area (TPSA) is 153 Å². The Morgan fingerprint density at radius 2 is 1.86 bits per heavy atom. The van der Waals surface area contributed by atoms with Crippen LogP contribution in [0.15, 0.2) is 66.7 Å². The molecule has 43 heavy (non-hydrogen) atoms. The van der Waals surface area contributed by atoms with Crippen LogP contribution in [0.5, 0.6) is 0 Å². The highest BCUT2D eigenvalue weighted by atomic mass is 35.5. The van der Waals surface area contributed by atoms with Crippen molar-refractivity contribution in [3.8, 4) is 11.5 Å². The molecular weight excluding hydrogens is 571 g/mol. The zero-order valence-corrected chi connectivity index (χ0v) is 23.6. The first-order chi connectivity index (χ1) is 20.8. The Bertz CT molecular complexity index is 2010. The van der Waals surface area contributed by atoms with Gasteiger partial charge in [0.25, 0.3) is 0 Å². The van der Waals surface area contributed by atoms with E-state index in [2.05, 4.69) is 30.9 Å². The molecule has 7 rings (SSSR count). The first-order valence-corrected chi connectivity index (χ1v) is 13.9. The third-order valence-electron chi connectivity index (χ3n) is 7.88. The van der Waals surface area contributed by atoms with Crippen molar-refractivity contribution < 1.29 is 9.18 Å². The van der Waals surface area contributed by atoms with Crippen LogP contribution in [0.1, 0.15) is 35.0 Å². The normalized spacial score (nSPS) is 16.0. The number of rotatable bonds is 7. The number of carbonyl (C=O) groups excluding carboxylic acids is 1. The van der Waals surface area contributed by atoms with Gasteiger partial charge in [0.15, 0.2) is 11.6 Å². The lowest BCUT2D eigenvalue weighted by atomic mass is 9.77. The van der Waals surface area contributed by atoms with Gasteiger partial charge in [-0.25, -0.2) is 14.4 Å². The Morgan fingerprint density at radius 3 is 2.63 bits per heavy atom. The number of hydrogen-bond acceptors (Lipinski definition) is 8. The van der Waals surface area contributed by atoms with E-state index in [4.69, 9.17) is 27.4 Å². The number of halogens is 2. The van der Waals surface area contributed by atoms with Gasteiger partial charge in [0.05, 0.1) is 17.6 Å². The summed E-state index contributed by atoms with van der Waals surface area (Å²) in [5, 5.41) is 22.9. The van der Waals surface area contributed by atoms with Crippen LogP contribution < -0.4 is 11.1 Å². The Kier molecular flexibility index (Phi) is 6.35. The molecule has 0 unspecified atom stereocenters. The minimum atomic E-state index is -1.11. The second-order valence-corrected chi connectivity index (χ2v) is 11.0. The summed E-state index contributed by atoms with van der Waals surface area (Å²) in [6.07, 6.45) is 1.35. The first-order valence-electron chi connectivity index (χ1n) is 13.5. The number of anilines is 2. The van der Waals surface area contributed by atoms with Gasteiger partial charge in [-0.05, 0) is 48.7 Å². The average Bonchev–Trinajstić information content (AvgIpc) is 3.71. The number of tetrazole rings is 1. The van der Waals surface area contributed by atoms with E-state index in [1.54, 1.807) is 35.0 Å². The van der Waals surface area contributed by atoms with Crippen LogP contribution in [-0.4, -0.2) is 46.3 Å². The fourth-order valence-corrected chi connectivity index (χ4v) is 5.73. The maximum absolute atomic E-state index is 14.5. The molecule has 1 aliphatic rings. The number of nitrogens with two attached hydrogens (primary N) is 1. The molecule has 1 amide bonds. The summed E-state index contributed by atoms with van der Waals surface area (Å²) in [6, 6.07) is 19.6. The van der Waals surface area contributed by atoms with Crippen LogP contribution in [-0.2, 0) is 29.6 Å². The quantitative estimate of drug-likeness (QED) is 0.245. The Hall–Kier alpha value is -5.23. The van der Waals surface area contributed by atoms with Crippen LogP contribution >= 0.6 is 11.6 Å². The average molecular weight is 595 g/mol. The summed E-state index contributed by atoms with van der Waals surface area (Å²) in [5.41, 5.74) is 9.36. The van der Waals surface area contributed by atoms with Crippen LogP contribution in [0, 0.1) is 5.82 Å².